The van der Waals surface area contributed by atoms with E-state index in [4.69, 9.17) is 14.2 Å². The van der Waals surface area contributed by atoms with Gasteiger partial charge in [0.1, 0.15) is 5.75 Å². The molecule has 0 aliphatic rings. The van der Waals surface area contributed by atoms with E-state index in [1.54, 1.807) is 28.4 Å². The summed E-state index contributed by atoms with van der Waals surface area (Å²) in [7, 11) is 6.72. The second-order valence-corrected chi connectivity index (χ2v) is 5.99. The number of aryl methyl sites for hydroxylation is 1. The molecule has 0 aliphatic carbocycles. The van der Waals surface area contributed by atoms with Gasteiger partial charge in [-0.3, -0.25) is 4.99 Å². The maximum absolute atomic E-state index is 5.34. The topological polar surface area (TPSA) is 64.1 Å². The molecule has 0 heterocycles. The Morgan fingerprint density at radius 1 is 0.852 bits per heavy atom. The molecule has 6 nitrogen and oxygen atoms in total. The Balaban J connectivity index is 1.75. The molecule has 0 aromatic heterocycles. The lowest BCUT2D eigenvalue weighted by Gasteiger charge is -2.13. The highest BCUT2D eigenvalue weighted by Gasteiger charge is 2.05. The fourth-order valence-electron chi connectivity index (χ4n) is 2.69. The predicted molar refractivity (Wildman–Crippen MR) is 109 cm³/mol. The Hall–Kier alpha value is -2.89. The van der Waals surface area contributed by atoms with Crippen LogP contribution in [0, 0.1) is 0 Å². The highest BCUT2D eigenvalue weighted by molar-refractivity contribution is 5.79. The first-order valence-corrected chi connectivity index (χ1v) is 8.98. The monoisotopic (exact) mass is 371 g/mol. The van der Waals surface area contributed by atoms with Crippen LogP contribution in [0.25, 0.3) is 0 Å². The van der Waals surface area contributed by atoms with Crippen LogP contribution in [0.1, 0.15) is 17.5 Å². The van der Waals surface area contributed by atoms with Gasteiger partial charge in [0, 0.05) is 20.1 Å². The van der Waals surface area contributed by atoms with Crippen molar-refractivity contribution in [3.05, 3.63) is 53.6 Å². The third-order valence-corrected chi connectivity index (χ3v) is 4.23. The average molecular weight is 371 g/mol. The molecule has 6 heteroatoms. The van der Waals surface area contributed by atoms with Crippen molar-refractivity contribution in [2.75, 3.05) is 34.9 Å². The normalized spacial score (nSPS) is 11.0. The van der Waals surface area contributed by atoms with Crippen molar-refractivity contribution < 1.29 is 14.2 Å². The minimum atomic E-state index is 0.651. The molecule has 0 saturated heterocycles. The Labute approximate surface area is 161 Å². The molecule has 2 N–H and O–H groups in total. The zero-order chi connectivity index (χ0) is 19.5. The van der Waals surface area contributed by atoms with Gasteiger partial charge in [-0.15, -0.1) is 0 Å². The molecule has 27 heavy (non-hydrogen) atoms. The molecule has 0 unspecified atom stereocenters. The summed E-state index contributed by atoms with van der Waals surface area (Å²) in [6.07, 6.45) is 2.02. The van der Waals surface area contributed by atoms with Crippen LogP contribution in [0.15, 0.2) is 47.5 Å². The van der Waals surface area contributed by atoms with Crippen molar-refractivity contribution in [3.63, 3.8) is 0 Å². The van der Waals surface area contributed by atoms with E-state index in [1.807, 2.05) is 30.3 Å². The van der Waals surface area contributed by atoms with Gasteiger partial charge in [0.2, 0.25) is 0 Å². The van der Waals surface area contributed by atoms with Gasteiger partial charge in [-0.2, -0.15) is 0 Å². The molecule has 0 fully saturated rings. The number of rotatable bonds is 9. The molecule has 0 atom stereocenters. The maximum Gasteiger partial charge on any atom is 0.191 e. The molecule has 2 aromatic carbocycles. The third kappa shape index (κ3) is 6.40. The van der Waals surface area contributed by atoms with Crippen LogP contribution >= 0.6 is 0 Å². The van der Waals surface area contributed by atoms with Crippen LogP contribution in [-0.2, 0) is 13.0 Å². The fourth-order valence-corrected chi connectivity index (χ4v) is 2.69. The van der Waals surface area contributed by atoms with Crippen molar-refractivity contribution >= 4 is 5.96 Å². The largest absolute Gasteiger partial charge is 0.497 e. The minimum Gasteiger partial charge on any atom is -0.497 e. The summed E-state index contributed by atoms with van der Waals surface area (Å²) in [4.78, 5) is 4.27. The zero-order valence-electron chi connectivity index (χ0n) is 16.5. The molecule has 2 aromatic rings. The van der Waals surface area contributed by atoms with Gasteiger partial charge < -0.3 is 24.8 Å². The van der Waals surface area contributed by atoms with Crippen molar-refractivity contribution in [1.82, 2.24) is 10.6 Å². The molecule has 0 saturated carbocycles. The summed E-state index contributed by atoms with van der Waals surface area (Å²) in [5.41, 5.74) is 2.39. The van der Waals surface area contributed by atoms with Crippen LogP contribution in [-0.4, -0.2) is 40.9 Å². The van der Waals surface area contributed by atoms with E-state index >= 15 is 0 Å². The number of ether oxygens (including phenoxy) is 3. The summed E-state index contributed by atoms with van der Waals surface area (Å²) >= 11 is 0. The number of methoxy groups -OCH3 is 3. The van der Waals surface area contributed by atoms with Gasteiger partial charge in [-0.25, -0.2) is 0 Å². The lowest BCUT2D eigenvalue weighted by molar-refractivity contribution is 0.354. The van der Waals surface area contributed by atoms with E-state index in [0.29, 0.717) is 6.54 Å². The lowest BCUT2D eigenvalue weighted by Crippen LogP contribution is -2.37. The van der Waals surface area contributed by atoms with Crippen LogP contribution in [0.3, 0.4) is 0 Å². The Morgan fingerprint density at radius 2 is 1.56 bits per heavy atom. The van der Waals surface area contributed by atoms with E-state index < -0.39 is 0 Å². The third-order valence-electron chi connectivity index (χ3n) is 4.23. The highest BCUT2D eigenvalue weighted by atomic mass is 16.5. The Morgan fingerprint density at radius 3 is 2.19 bits per heavy atom. The van der Waals surface area contributed by atoms with Crippen LogP contribution in [0.2, 0.25) is 0 Å². The van der Waals surface area contributed by atoms with Gasteiger partial charge >= 0.3 is 0 Å². The number of nitrogens with zero attached hydrogens (tertiary/aromatic N) is 1. The SMILES string of the molecule is CN=C(NCCCc1ccc(OC)cc1)NCc1ccc(OC)c(OC)c1. The van der Waals surface area contributed by atoms with Gasteiger partial charge in [0.15, 0.2) is 17.5 Å². The number of benzene rings is 2. The molecular formula is C21H29N3O3. The van der Waals surface area contributed by atoms with Crippen molar-refractivity contribution in [2.24, 2.45) is 4.99 Å². The summed E-state index contributed by atoms with van der Waals surface area (Å²) in [5, 5.41) is 6.66. The van der Waals surface area contributed by atoms with Gasteiger partial charge in [0.05, 0.1) is 21.3 Å². The first-order valence-electron chi connectivity index (χ1n) is 8.98. The second-order valence-electron chi connectivity index (χ2n) is 5.99. The molecular weight excluding hydrogens is 342 g/mol. The highest BCUT2D eigenvalue weighted by Crippen LogP contribution is 2.27. The maximum atomic E-state index is 5.34. The standard InChI is InChI=1S/C21H29N3O3/c1-22-21(23-13-5-6-16-7-10-18(25-2)11-8-16)24-15-17-9-12-19(26-3)20(14-17)27-4/h7-12,14H,5-6,13,15H2,1-4H3,(H2,22,23,24). The Kier molecular flexibility index (Phi) is 8.29. The first kappa shape index (κ1) is 20.4. The number of aliphatic imine (C=N–C) groups is 1. The van der Waals surface area contributed by atoms with Gasteiger partial charge in [0.25, 0.3) is 0 Å². The van der Waals surface area contributed by atoms with E-state index in [9.17, 15) is 0 Å². The summed E-state index contributed by atoms with van der Waals surface area (Å²) in [6, 6.07) is 14.1. The van der Waals surface area contributed by atoms with Crippen molar-refractivity contribution in [2.45, 2.75) is 19.4 Å². The summed E-state index contributed by atoms with van der Waals surface area (Å²) < 4.78 is 15.8. The molecule has 146 valence electrons. The van der Waals surface area contributed by atoms with Gasteiger partial charge in [-0.05, 0) is 48.2 Å². The molecule has 2 rings (SSSR count). The molecule has 0 aliphatic heterocycles. The average Bonchev–Trinajstić information content (AvgIpc) is 2.73. The van der Waals surface area contributed by atoms with Crippen molar-refractivity contribution in [3.8, 4) is 17.2 Å². The van der Waals surface area contributed by atoms with Crippen LogP contribution in [0.4, 0.5) is 0 Å². The lowest BCUT2D eigenvalue weighted by atomic mass is 10.1. The minimum absolute atomic E-state index is 0.651. The summed E-state index contributed by atoms with van der Waals surface area (Å²) in [6.45, 7) is 1.50. The van der Waals surface area contributed by atoms with E-state index in [-0.39, 0.29) is 0 Å². The Bertz CT molecular complexity index is 730. The molecule has 0 spiro atoms. The fraction of sp³-hybridized carbons (Fsp3) is 0.381. The number of guanidine groups is 1. The van der Waals surface area contributed by atoms with E-state index in [0.717, 1.165) is 48.2 Å². The zero-order valence-corrected chi connectivity index (χ0v) is 16.5. The number of nitrogens with one attached hydrogen (secondary N) is 2. The van der Waals surface area contributed by atoms with Crippen molar-refractivity contribution in [1.29, 1.82) is 0 Å². The van der Waals surface area contributed by atoms with Crippen LogP contribution in [0.5, 0.6) is 17.2 Å². The van der Waals surface area contributed by atoms with E-state index in [1.165, 1.54) is 5.56 Å². The first-order chi connectivity index (χ1) is 13.2. The smallest absolute Gasteiger partial charge is 0.191 e. The van der Waals surface area contributed by atoms with Gasteiger partial charge in [-0.1, -0.05) is 18.2 Å². The summed E-state index contributed by atoms with van der Waals surface area (Å²) in [5.74, 6) is 3.11. The molecule has 0 radical (unpaired) electrons. The van der Waals surface area contributed by atoms with Crippen LogP contribution < -0.4 is 24.8 Å². The molecule has 0 amide bonds. The van der Waals surface area contributed by atoms with E-state index in [2.05, 4.69) is 27.8 Å². The second kappa shape index (κ2) is 11.0. The number of hydrogen-bond acceptors (Lipinski definition) is 4. The predicted octanol–water partition coefficient (Wildman–Crippen LogP) is 3.01. The number of hydrogen-bond donors (Lipinski definition) is 2. The quantitative estimate of drug-likeness (QED) is 0.403. The molecule has 0 bridgehead atoms.